The van der Waals surface area contributed by atoms with E-state index in [1.54, 1.807) is 16.8 Å². The first-order chi connectivity index (χ1) is 15.4. The average Bonchev–Trinajstić information content (AvgIpc) is 3.13. The Kier molecular flexibility index (Phi) is 6.10. The van der Waals surface area contributed by atoms with Crippen molar-refractivity contribution in [2.45, 2.75) is 40.2 Å². The summed E-state index contributed by atoms with van der Waals surface area (Å²) in [5.41, 5.74) is 4.14. The van der Waals surface area contributed by atoms with Crippen LogP contribution in [0.1, 0.15) is 29.8 Å². The molecule has 164 valence electrons. The van der Waals surface area contributed by atoms with E-state index >= 15 is 0 Å². The van der Waals surface area contributed by atoms with Gasteiger partial charge in [-0.1, -0.05) is 35.9 Å². The fourth-order valence-corrected chi connectivity index (χ4v) is 3.98. The fourth-order valence-electron chi connectivity index (χ4n) is 3.80. The molecular weight excluding hydrogens is 426 g/mol. The first-order valence-corrected chi connectivity index (χ1v) is 10.8. The normalized spacial score (nSPS) is 11.1. The van der Waals surface area contributed by atoms with Crippen LogP contribution >= 0.6 is 11.6 Å². The highest BCUT2D eigenvalue weighted by Crippen LogP contribution is 2.23. The van der Waals surface area contributed by atoms with Gasteiger partial charge in [0.1, 0.15) is 0 Å². The molecule has 32 heavy (non-hydrogen) atoms. The number of aromatic nitrogens is 4. The maximum Gasteiger partial charge on any atom is 0.295 e. The van der Waals surface area contributed by atoms with Gasteiger partial charge in [0.25, 0.3) is 5.56 Å². The molecule has 0 spiro atoms. The molecule has 2 aromatic heterocycles. The maximum absolute atomic E-state index is 13.0. The number of aryl methyl sites for hydroxylation is 3. The van der Waals surface area contributed by atoms with Crippen LogP contribution in [0.25, 0.3) is 16.6 Å². The van der Waals surface area contributed by atoms with Gasteiger partial charge in [-0.3, -0.25) is 9.59 Å². The van der Waals surface area contributed by atoms with Crippen molar-refractivity contribution in [3.8, 4) is 5.69 Å². The number of amides is 1. The summed E-state index contributed by atoms with van der Waals surface area (Å²) in [4.78, 5) is 25.4. The molecule has 2 heterocycles. The zero-order valence-electron chi connectivity index (χ0n) is 18.2. The third-order valence-corrected chi connectivity index (χ3v) is 5.91. The quantitative estimate of drug-likeness (QED) is 0.467. The van der Waals surface area contributed by atoms with Crippen LogP contribution in [0.3, 0.4) is 0 Å². The molecule has 4 rings (SSSR count). The van der Waals surface area contributed by atoms with Crippen LogP contribution in [0.4, 0.5) is 5.69 Å². The molecule has 0 saturated carbocycles. The van der Waals surface area contributed by atoms with E-state index < -0.39 is 0 Å². The van der Waals surface area contributed by atoms with E-state index in [0.717, 1.165) is 28.0 Å². The minimum absolute atomic E-state index is 0.134. The maximum atomic E-state index is 13.0. The Labute approximate surface area is 190 Å². The third kappa shape index (κ3) is 4.16. The first-order valence-electron chi connectivity index (χ1n) is 10.4. The third-order valence-electron chi connectivity index (χ3n) is 5.50. The number of carbonyl (C=O) groups is 1. The van der Waals surface area contributed by atoms with Crippen LogP contribution in [0, 0.1) is 20.8 Å². The fraction of sp³-hybridized carbons (Fsp3) is 0.250. The Bertz CT molecular complexity index is 1360. The molecule has 7 nitrogen and oxygen atoms in total. The highest BCUT2D eigenvalue weighted by molar-refractivity contribution is 6.31. The van der Waals surface area contributed by atoms with Gasteiger partial charge in [0.05, 0.1) is 22.5 Å². The smallest absolute Gasteiger partial charge is 0.295 e. The van der Waals surface area contributed by atoms with Crippen molar-refractivity contribution >= 4 is 34.1 Å². The summed E-state index contributed by atoms with van der Waals surface area (Å²) >= 11 is 6.11. The summed E-state index contributed by atoms with van der Waals surface area (Å²) in [6, 6.07) is 15.1. The van der Waals surface area contributed by atoms with E-state index in [2.05, 4.69) is 15.5 Å². The number of nitrogens with zero attached hydrogens (tertiary/aromatic N) is 4. The second-order valence-corrected chi connectivity index (χ2v) is 8.14. The lowest BCUT2D eigenvalue weighted by molar-refractivity contribution is -0.116. The predicted octanol–water partition coefficient (Wildman–Crippen LogP) is 4.58. The molecule has 2 aromatic carbocycles. The molecular formula is C24H24ClN5O2. The molecule has 4 aromatic rings. The SMILES string of the molecule is Cc1c(Cl)cccc1NC(=O)CCCn1nc(C)c2c(C)n(-c3ccccc3)nc2c1=O. The molecule has 0 aliphatic carbocycles. The molecule has 0 aliphatic heterocycles. The molecule has 1 amide bonds. The van der Waals surface area contributed by atoms with Gasteiger partial charge in [0.2, 0.25) is 5.91 Å². The number of hydrogen-bond acceptors (Lipinski definition) is 4. The zero-order valence-corrected chi connectivity index (χ0v) is 19.0. The lowest BCUT2D eigenvalue weighted by Gasteiger charge is -2.10. The number of fused-ring (bicyclic) bond motifs is 1. The number of rotatable bonds is 6. The Morgan fingerprint density at radius 1 is 1.03 bits per heavy atom. The molecule has 0 aliphatic rings. The molecule has 1 N–H and O–H groups in total. The highest BCUT2D eigenvalue weighted by atomic mass is 35.5. The number of para-hydroxylation sites is 1. The number of nitrogens with one attached hydrogen (secondary N) is 1. The molecule has 0 fully saturated rings. The predicted molar refractivity (Wildman–Crippen MR) is 127 cm³/mol. The Balaban J connectivity index is 1.51. The zero-order chi connectivity index (χ0) is 22.8. The molecule has 8 heteroatoms. The Hall–Kier alpha value is -3.45. The van der Waals surface area contributed by atoms with E-state index in [1.807, 2.05) is 57.2 Å². The van der Waals surface area contributed by atoms with Crippen molar-refractivity contribution in [1.82, 2.24) is 19.6 Å². The number of benzene rings is 2. The Morgan fingerprint density at radius 3 is 2.53 bits per heavy atom. The van der Waals surface area contributed by atoms with E-state index in [9.17, 15) is 9.59 Å². The van der Waals surface area contributed by atoms with Crippen molar-refractivity contribution in [2.24, 2.45) is 0 Å². The summed E-state index contributed by atoms with van der Waals surface area (Å²) in [5.74, 6) is -0.134. The second kappa shape index (κ2) is 8.96. The molecule has 0 radical (unpaired) electrons. The van der Waals surface area contributed by atoms with E-state index in [-0.39, 0.29) is 17.9 Å². The van der Waals surface area contributed by atoms with Crippen molar-refractivity contribution in [3.63, 3.8) is 0 Å². The number of hydrogen-bond donors (Lipinski definition) is 1. The Morgan fingerprint density at radius 2 is 1.78 bits per heavy atom. The van der Waals surface area contributed by atoms with E-state index in [1.165, 1.54) is 4.68 Å². The number of carbonyl (C=O) groups excluding carboxylic acids is 1. The van der Waals surface area contributed by atoms with Gasteiger partial charge in [-0.2, -0.15) is 10.2 Å². The van der Waals surface area contributed by atoms with Gasteiger partial charge in [0.15, 0.2) is 5.52 Å². The van der Waals surface area contributed by atoms with Crippen LogP contribution in [-0.4, -0.2) is 25.5 Å². The standard InChI is InChI=1S/C24H24ClN5O2/c1-15-19(25)11-7-12-20(15)26-21(31)13-8-14-29-24(32)23-22(16(2)27-29)17(3)30(28-23)18-9-5-4-6-10-18/h4-7,9-12H,8,13-14H2,1-3H3,(H,26,31). The second-order valence-electron chi connectivity index (χ2n) is 7.73. The molecule has 0 saturated heterocycles. The topological polar surface area (TPSA) is 81.8 Å². The molecule has 0 unspecified atom stereocenters. The van der Waals surface area contributed by atoms with Gasteiger partial charge in [-0.05, 0) is 57.0 Å². The summed E-state index contributed by atoms with van der Waals surface area (Å²) < 4.78 is 3.17. The van der Waals surface area contributed by atoms with Crippen molar-refractivity contribution in [1.29, 1.82) is 0 Å². The molecule has 0 bridgehead atoms. The van der Waals surface area contributed by atoms with Crippen molar-refractivity contribution in [2.75, 3.05) is 5.32 Å². The summed E-state index contributed by atoms with van der Waals surface area (Å²) in [6.45, 7) is 5.99. The van der Waals surface area contributed by atoms with Gasteiger partial charge in [-0.25, -0.2) is 9.36 Å². The van der Waals surface area contributed by atoms with Gasteiger partial charge < -0.3 is 5.32 Å². The minimum Gasteiger partial charge on any atom is -0.326 e. The van der Waals surface area contributed by atoms with Crippen LogP contribution < -0.4 is 10.9 Å². The summed E-state index contributed by atoms with van der Waals surface area (Å²) in [5, 5.41) is 13.3. The van der Waals surface area contributed by atoms with Crippen LogP contribution in [-0.2, 0) is 11.3 Å². The van der Waals surface area contributed by atoms with Crippen LogP contribution in [0.5, 0.6) is 0 Å². The van der Waals surface area contributed by atoms with E-state index in [0.29, 0.717) is 29.2 Å². The van der Waals surface area contributed by atoms with Gasteiger partial charge in [-0.15, -0.1) is 0 Å². The van der Waals surface area contributed by atoms with Crippen LogP contribution in [0.15, 0.2) is 53.3 Å². The van der Waals surface area contributed by atoms with Crippen molar-refractivity contribution < 1.29 is 4.79 Å². The van der Waals surface area contributed by atoms with E-state index in [4.69, 9.17) is 11.6 Å². The highest BCUT2D eigenvalue weighted by Gasteiger charge is 2.17. The number of halogens is 1. The monoisotopic (exact) mass is 449 g/mol. The molecule has 0 atom stereocenters. The average molecular weight is 450 g/mol. The summed E-state index contributed by atoms with van der Waals surface area (Å²) in [6.07, 6.45) is 0.732. The van der Waals surface area contributed by atoms with Crippen LogP contribution in [0.2, 0.25) is 5.02 Å². The minimum atomic E-state index is -0.255. The van der Waals surface area contributed by atoms with Crippen molar-refractivity contribution in [3.05, 3.63) is 80.9 Å². The first kappa shape index (κ1) is 21.8. The van der Waals surface area contributed by atoms with Gasteiger partial charge in [0, 0.05) is 23.7 Å². The lowest BCUT2D eigenvalue weighted by atomic mass is 10.2. The largest absolute Gasteiger partial charge is 0.326 e. The van der Waals surface area contributed by atoms with Gasteiger partial charge >= 0.3 is 0 Å². The number of anilines is 1. The lowest BCUT2D eigenvalue weighted by Crippen LogP contribution is -2.25. The summed E-state index contributed by atoms with van der Waals surface area (Å²) in [7, 11) is 0.